The second-order valence-electron chi connectivity index (χ2n) is 4.86. The first-order valence-electron chi connectivity index (χ1n) is 6.65. The minimum Gasteiger partial charge on any atom is -0.363 e. The Hall–Kier alpha value is -2.90. The zero-order valence-electron chi connectivity index (χ0n) is 11.5. The molecule has 2 N–H and O–H groups in total. The maximum Gasteiger partial charge on any atom is 0.320 e. The van der Waals surface area contributed by atoms with E-state index in [9.17, 15) is 14.0 Å². The average Bonchev–Trinajstić information content (AvgIpc) is 3.10. The number of nitrogens with zero attached hydrogens (tertiary/aromatic N) is 2. The van der Waals surface area contributed by atoms with Crippen LogP contribution in [0, 0.1) is 5.82 Å². The van der Waals surface area contributed by atoms with E-state index in [4.69, 9.17) is 0 Å². The van der Waals surface area contributed by atoms with E-state index in [-0.39, 0.29) is 30.0 Å². The molecule has 8 heteroatoms. The molecule has 0 unspecified atom stereocenters. The maximum absolute atomic E-state index is 12.9. The van der Waals surface area contributed by atoms with Crippen molar-refractivity contribution < 1.29 is 18.5 Å². The van der Waals surface area contributed by atoms with Crippen LogP contribution in [0.2, 0.25) is 0 Å². The number of halogens is 1. The highest BCUT2D eigenvalue weighted by molar-refractivity contribution is 5.97. The third kappa shape index (κ3) is 3.05. The van der Waals surface area contributed by atoms with Gasteiger partial charge in [-0.05, 0) is 24.3 Å². The average molecular weight is 304 g/mol. The van der Waals surface area contributed by atoms with Crippen molar-refractivity contribution in [1.29, 1.82) is 0 Å². The number of hydrogen-bond acceptors (Lipinski definition) is 4. The highest BCUT2D eigenvalue weighted by Gasteiger charge is 2.31. The van der Waals surface area contributed by atoms with Crippen LogP contribution < -0.4 is 15.5 Å². The molecule has 0 saturated carbocycles. The fourth-order valence-electron chi connectivity index (χ4n) is 2.29. The number of carbonyl (C=O) groups is 2. The summed E-state index contributed by atoms with van der Waals surface area (Å²) in [5.41, 5.74) is 0.604. The van der Waals surface area contributed by atoms with E-state index < -0.39 is 6.03 Å². The van der Waals surface area contributed by atoms with E-state index in [1.54, 1.807) is 0 Å². The number of amides is 3. The third-order valence-electron chi connectivity index (χ3n) is 3.28. The molecule has 7 nitrogen and oxygen atoms in total. The Bertz CT molecular complexity index is 672. The van der Waals surface area contributed by atoms with Crippen LogP contribution in [0.15, 0.2) is 41.1 Å². The van der Waals surface area contributed by atoms with E-state index in [0.717, 1.165) is 0 Å². The van der Waals surface area contributed by atoms with Gasteiger partial charge >= 0.3 is 6.03 Å². The molecule has 1 aromatic heterocycles. The number of hydrogen-bond donors (Lipinski definition) is 2. The second-order valence-corrected chi connectivity index (χ2v) is 4.86. The molecule has 2 heterocycles. The molecule has 2 aromatic rings. The standard InChI is InChI=1S/C14H13FN4O3/c15-9-1-3-11(4-2-9)19-8-10(7-13(19)20)16-14(21)17-12-5-6-22-18-12/h1-6,10H,7-8H2,(H2,16,17,18,21)/t10-/m1/s1. The van der Waals surface area contributed by atoms with Gasteiger partial charge < -0.3 is 14.7 Å². The van der Waals surface area contributed by atoms with E-state index >= 15 is 0 Å². The monoisotopic (exact) mass is 304 g/mol. The molecule has 1 aromatic carbocycles. The number of urea groups is 1. The van der Waals surface area contributed by atoms with Gasteiger partial charge in [-0.1, -0.05) is 5.16 Å². The lowest BCUT2D eigenvalue weighted by atomic mass is 10.2. The summed E-state index contributed by atoms with van der Waals surface area (Å²) in [6.45, 7) is 0.330. The lowest BCUT2D eigenvalue weighted by molar-refractivity contribution is -0.117. The van der Waals surface area contributed by atoms with Gasteiger partial charge in [-0.3, -0.25) is 10.1 Å². The molecule has 3 amide bonds. The number of aromatic nitrogens is 1. The SMILES string of the molecule is O=C(Nc1ccon1)N[C@@H]1CC(=O)N(c2ccc(F)cc2)C1. The van der Waals surface area contributed by atoms with Crippen LogP contribution in [0.3, 0.4) is 0 Å². The minimum absolute atomic E-state index is 0.127. The summed E-state index contributed by atoms with van der Waals surface area (Å²) in [5.74, 6) is -0.201. The number of carbonyl (C=O) groups excluding carboxylic acids is 2. The Morgan fingerprint density at radius 2 is 2.09 bits per heavy atom. The summed E-state index contributed by atoms with van der Waals surface area (Å²) in [6.07, 6.45) is 1.52. The molecule has 1 saturated heterocycles. The Kier molecular flexibility index (Phi) is 3.73. The lowest BCUT2D eigenvalue weighted by Crippen LogP contribution is -2.39. The summed E-state index contributed by atoms with van der Waals surface area (Å²) in [6, 6.07) is 6.36. The van der Waals surface area contributed by atoms with Crippen molar-refractivity contribution in [1.82, 2.24) is 10.5 Å². The molecular weight excluding hydrogens is 291 g/mol. The molecule has 3 rings (SSSR count). The maximum atomic E-state index is 12.9. The van der Waals surface area contributed by atoms with Crippen LogP contribution in [-0.4, -0.2) is 29.7 Å². The summed E-state index contributed by atoms with van der Waals surface area (Å²) < 4.78 is 17.5. The molecule has 114 valence electrons. The molecule has 0 bridgehead atoms. The van der Waals surface area contributed by atoms with Crippen molar-refractivity contribution in [2.24, 2.45) is 0 Å². The van der Waals surface area contributed by atoms with Crippen molar-refractivity contribution in [2.75, 3.05) is 16.8 Å². The number of anilines is 2. The van der Waals surface area contributed by atoms with E-state index in [1.165, 1.54) is 41.5 Å². The predicted molar refractivity (Wildman–Crippen MR) is 75.8 cm³/mol. The van der Waals surface area contributed by atoms with Gasteiger partial charge in [-0.25, -0.2) is 9.18 Å². The minimum atomic E-state index is -0.465. The predicted octanol–water partition coefficient (Wildman–Crippen LogP) is 1.74. The van der Waals surface area contributed by atoms with E-state index in [2.05, 4.69) is 20.3 Å². The molecule has 0 aliphatic carbocycles. The topological polar surface area (TPSA) is 87.5 Å². The van der Waals surface area contributed by atoms with E-state index in [0.29, 0.717) is 12.2 Å². The van der Waals surface area contributed by atoms with Gasteiger partial charge in [0.25, 0.3) is 0 Å². The Balaban J connectivity index is 1.59. The molecule has 22 heavy (non-hydrogen) atoms. The Labute approximate surface area is 125 Å². The summed E-state index contributed by atoms with van der Waals surface area (Å²) in [5, 5.41) is 8.74. The van der Waals surface area contributed by atoms with Crippen LogP contribution in [0.5, 0.6) is 0 Å². The Morgan fingerprint density at radius 3 is 2.77 bits per heavy atom. The molecule has 0 spiro atoms. The van der Waals surface area contributed by atoms with Gasteiger partial charge in [-0.15, -0.1) is 0 Å². The first kappa shape index (κ1) is 14.1. The number of nitrogens with one attached hydrogen (secondary N) is 2. The van der Waals surface area contributed by atoms with Crippen molar-refractivity contribution in [2.45, 2.75) is 12.5 Å². The lowest BCUT2D eigenvalue weighted by Gasteiger charge is -2.17. The molecule has 1 fully saturated rings. The highest BCUT2D eigenvalue weighted by atomic mass is 19.1. The zero-order chi connectivity index (χ0) is 15.5. The van der Waals surface area contributed by atoms with E-state index in [1.807, 2.05) is 0 Å². The van der Waals surface area contributed by atoms with Crippen molar-refractivity contribution in [3.05, 3.63) is 42.4 Å². The third-order valence-corrected chi connectivity index (χ3v) is 3.28. The largest absolute Gasteiger partial charge is 0.363 e. The number of rotatable bonds is 3. The van der Waals surface area contributed by atoms with Gasteiger partial charge in [0.2, 0.25) is 5.91 Å². The zero-order valence-corrected chi connectivity index (χ0v) is 11.5. The number of benzene rings is 1. The molecule has 1 atom stereocenters. The summed E-state index contributed by atoms with van der Waals surface area (Å²) in [4.78, 5) is 25.3. The van der Waals surface area contributed by atoms with Crippen LogP contribution in [0.1, 0.15) is 6.42 Å². The van der Waals surface area contributed by atoms with Crippen molar-refractivity contribution >= 4 is 23.4 Å². The summed E-state index contributed by atoms with van der Waals surface area (Å²) in [7, 11) is 0. The van der Waals surface area contributed by atoms with Gasteiger partial charge in [0.1, 0.15) is 12.1 Å². The van der Waals surface area contributed by atoms with Gasteiger partial charge in [-0.2, -0.15) is 0 Å². The van der Waals surface area contributed by atoms with Crippen molar-refractivity contribution in [3.63, 3.8) is 0 Å². The quantitative estimate of drug-likeness (QED) is 0.904. The van der Waals surface area contributed by atoms with Gasteiger partial charge in [0.05, 0.1) is 6.04 Å². The van der Waals surface area contributed by atoms with Crippen LogP contribution in [0.4, 0.5) is 20.7 Å². The normalized spacial score (nSPS) is 17.6. The van der Waals surface area contributed by atoms with Crippen molar-refractivity contribution in [3.8, 4) is 0 Å². The fraction of sp³-hybridized carbons (Fsp3) is 0.214. The second kappa shape index (κ2) is 5.84. The van der Waals surface area contributed by atoms with Crippen LogP contribution >= 0.6 is 0 Å². The first-order valence-corrected chi connectivity index (χ1v) is 6.65. The molecular formula is C14H13FN4O3. The Morgan fingerprint density at radius 1 is 1.32 bits per heavy atom. The highest BCUT2D eigenvalue weighted by Crippen LogP contribution is 2.21. The molecule has 1 aliphatic heterocycles. The van der Waals surface area contributed by atoms with Crippen LogP contribution in [-0.2, 0) is 4.79 Å². The van der Waals surface area contributed by atoms with Crippen LogP contribution in [0.25, 0.3) is 0 Å². The summed E-state index contributed by atoms with van der Waals surface area (Å²) >= 11 is 0. The first-order chi connectivity index (χ1) is 10.6. The molecule has 1 aliphatic rings. The van der Waals surface area contributed by atoms with Gasteiger partial charge in [0, 0.05) is 24.7 Å². The van der Waals surface area contributed by atoms with Gasteiger partial charge in [0.15, 0.2) is 5.82 Å². The smallest absolute Gasteiger partial charge is 0.320 e. The molecule has 0 radical (unpaired) electrons. The fourth-order valence-corrected chi connectivity index (χ4v) is 2.29.